The average molecular weight is 884 g/mol. The molecule has 7 rings (SSSR count). The molecule has 0 amide bonds. The number of rotatable bonds is 6. The number of ether oxygens (including phenoxy) is 2. The lowest BCUT2D eigenvalue weighted by Gasteiger charge is -2.06. The van der Waals surface area contributed by atoms with Crippen LogP contribution in [0.4, 0.5) is 45.5 Å². The average Bonchev–Trinajstić information content (AvgIpc) is 3.23. The Kier molecular flexibility index (Phi) is 31.6. The molecule has 0 saturated carbocycles. The van der Waals surface area contributed by atoms with E-state index in [9.17, 15) is 0 Å². The normalized spacial score (nSPS) is 9.18. The summed E-state index contributed by atoms with van der Waals surface area (Å²) in [5.41, 5.74) is 62.8. The summed E-state index contributed by atoms with van der Waals surface area (Å²) in [4.78, 5) is 0. The highest BCUT2D eigenvalue weighted by molar-refractivity contribution is 7.92. The van der Waals surface area contributed by atoms with Gasteiger partial charge in [-0.2, -0.15) is 0 Å². The topological polar surface area (TPSA) is 279 Å². The molecule has 62 heavy (non-hydrogen) atoms. The lowest BCUT2D eigenvalue weighted by atomic mass is 10.1. The standard InChI is InChI=1S/2C12H12N2O.C8H12N2.2C6H8N2.4CH4.H4P2/c13-9-1-5-11(6-2-9)15-12-7-3-10(14)4-8-12;13-9-4-6-11(7-5-9)15-12-3-1-2-10(14)8-12;9-5-7-2-1-3-8(4-7)6-10;7-5-1-2-6(8)4-3-5;7-5-2-1-3-6(8)4-5;;;;;1-2/h2*1-8H,13-14H2;1-4H,5-6,9-10H2;2*1-4H,7-8H2;4*1H4;1-2H2/i;;;;;;;;;1D. The van der Waals surface area contributed by atoms with Crippen LogP contribution in [0.2, 0.25) is 0 Å². The summed E-state index contributed by atoms with van der Waals surface area (Å²) < 4.78 is 17.4. The minimum Gasteiger partial charge on any atom is -0.457 e. The van der Waals surface area contributed by atoms with Gasteiger partial charge >= 0.3 is 0 Å². The number of nitrogens with two attached hydrogens (primary N) is 10. The molecule has 0 spiro atoms. The lowest BCUT2D eigenvalue weighted by molar-refractivity contribution is 0.482. The van der Waals surface area contributed by atoms with Crippen LogP contribution in [0, 0.1) is 0 Å². The van der Waals surface area contributed by atoms with Crippen LogP contribution in [-0.2, 0) is 13.1 Å². The van der Waals surface area contributed by atoms with E-state index in [1.807, 2.05) is 84.9 Å². The van der Waals surface area contributed by atoms with Gasteiger partial charge in [0.2, 0.25) is 0 Å². The van der Waals surface area contributed by atoms with Crippen LogP contribution >= 0.6 is 17.8 Å². The summed E-state index contributed by atoms with van der Waals surface area (Å²) in [6, 6.07) is 51.3. The van der Waals surface area contributed by atoms with Crippen molar-refractivity contribution in [1.82, 2.24) is 0 Å². The second-order valence-corrected chi connectivity index (χ2v) is 12.0. The van der Waals surface area contributed by atoms with Crippen molar-refractivity contribution >= 4 is 63.3 Å². The van der Waals surface area contributed by atoms with E-state index in [1.165, 1.54) is 0 Å². The molecule has 2 atom stereocenters. The molecule has 14 heteroatoms. The summed E-state index contributed by atoms with van der Waals surface area (Å²) in [6.07, 6.45) is 0. The van der Waals surface area contributed by atoms with Crippen molar-refractivity contribution in [2.45, 2.75) is 42.8 Å². The second-order valence-electron chi connectivity index (χ2n) is 12.0. The van der Waals surface area contributed by atoms with Gasteiger partial charge in [-0.25, -0.2) is 0 Å². The van der Waals surface area contributed by atoms with Gasteiger partial charge < -0.3 is 66.8 Å². The van der Waals surface area contributed by atoms with Crippen LogP contribution in [-0.4, -0.2) is 1.28 Å². The highest BCUT2D eigenvalue weighted by Gasteiger charge is 1.98. The Bertz CT molecular complexity index is 2080. The maximum atomic E-state index is 6.20. The molecule has 0 saturated heterocycles. The molecule has 7 aromatic carbocycles. The zero-order valence-corrected chi connectivity index (χ0v) is 34.4. The molecule has 0 heterocycles. The van der Waals surface area contributed by atoms with E-state index in [2.05, 4.69) is 8.93 Å². The van der Waals surface area contributed by atoms with Crippen molar-refractivity contribution in [3.8, 4) is 23.0 Å². The third kappa shape index (κ3) is 25.7. The fourth-order valence-corrected chi connectivity index (χ4v) is 4.40. The number of anilines is 8. The number of nitrogen functional groups attached to an aromatic ring is 8. The van der Waals surface area contributed by atoms with Gasteiger partial charge in [-0.15, -0.1) is 17.8 Å². The summed E-state index contributed by atoms with van der Waals surface area (Å²) >= 11 is 0. The summed E-state index contributed by atoms with van der Waals surface area (Å²) in [5.74, 6) is 2.98. The van der Waals surface area contributed by atoms with E-state index in [4.69, 9.17) is 68.1 Å². The molecular formula is C48H72N10O2P2. The summed E-state index contributed by atoms with van der Waals surface area (Å²) in [6.45, 7) is 1.18. The fraction of sp³-hybridized carbons (Fsp3) is 0.125. The number of hydrogen-bond acceptors (Lipinski definition) is 12. The van der Waals surface area contributed by atoms with E-state index < -0.39 is 0 Å². The molecular weight excluding hydrogens is 811 g/mol. The first-order valence-corrected chi connectivity index (χ1v) is 20.0. The molecule has 0 aliphatic rings. The van der Waals surface area contributed by atoms with E-state index in [1.54, 1.807) is 84.9 Å². The highest BCUT2D eigenvalue weighted by Crippen LogP contribution is 2.24. The van der Waals surface area contributed by atoms with E-state index in [-0.39, 0.29) is 38.6 Å². The molecule has 0 fully saturated rings. The van der Waals surface area contributed by atoms with Crippen molar-refractivity contribution in [2.75, 3.05) is 45.9 Å². The fourth-order valence-electron chi connectivity index (χ4n) is 4.40. The van der Waals surface area contributed by atoms with Crippen molar-refractivity contribution in [3.63, 3.8) is 0 Å². The van der Waals surface area contributed by atoms with E-state index >= 15 is 0 Å². The zero-order valence-electron chi connectivity index (χ0n) is 33.2. The molecule has 20 N–H and O–H groups in total. The molecule has 2 unspecified atom stereocenters. The molecule has 0 radical (unpaired) electrons. The van der Waals surface area contributed by atoms with Crippen LogP contribution in [0.5, 0.6) is 23.0 Å². The molecule has 0 aromatic heterocycles. The van der Waals surface area contributed by atoms with Gasteiger partial charge in [-0.1, -0.05) is 66.1 Å². The number of benzene rings is 7. The van der Waals surface area contributed by atoms with Crippen LogP contribution in [0.1, 0.15) is 40.8 Å². The highest BCUT2D eigenvalue weighted by atomic mass is 32.0. The summed E-state index contributed by atoms with van der Waals surface area (Å²) in [7, 11) is 2.52. The smallest absolute Gasteiger partial charge is 0.129 e. The lowest BCUT2D eigenvalue weighted by Crippen LogP contribution is -2.00. The van der Waals surface area contributed by atoms with Crippen LogP contribution in [0.3, 0.4) is 0 Å². The Morgan fingerprint density at radius 3 is 0.871 bits per heavy atom. The molecule has 0 aliphatic heterocycles. The first kappa shape index (κ1) is 57.4. The first-order valence-electron chi connectivity index (χ1n) is 18.2. The van der Waals surface area contributed by atoms with Crippen molar-refractivity contribution in [2.24, 2.45) is 11.5 Å². The SMILES string of the molecule is C.C.C.C.NCc1cccc(CN)c1.Nc1ccc(N)cc1.Nc1ccc(Oc2ccc(N)cc2)cc1.Nc1ccc(Oc2cccc(N)c2)cc1.Nc1cccc(N)c1.[2H]PP. The molecule has 0 bridgehead atoms. The predicted molar refractivity (Wildman–Crippen MR) is 283 cm³/mol. The summed E-state index contributed by atoms with van der Waals surface area (Å²) in [5, 5.41) is 0. The maximum Gasteiger partial charge on any atom is 0.129 e. The Morgan fingerprint density at radius 2 is 0.597 bits per heavy atom. The van der Waals surface area contributed by atoms with Crippen molar-refractivity contribution in [3.05, 3.63) is 181 Å². The van der Waals surface area contributed by atoms with Crippen molar-refractivity contribution in [1.29, 1.82) is 1.28 Å². The third-order valence-electron chi connectivity index (χ3n) is 7.28. The second kappa shape index (κ2) is 34.1. The van der Waals surface area contributed by atoms with Gasteiger partial charge in [0.25, 0.3) is 0 Å². The number of hydrogen-bond donors (Lipinski definition) is 10. The molecule has 7 aromatic rings. The van der Waals surface area contributed by atoms with Crippen LogP contribution in [0.15, 0.2) is 170 Å². The Hall–Kier alpha value is -6.68. The minimum absolute atomic E-state index is 0. The molecule has 336 valence electrons. The first-order chi connectivity index (χ1) is 28.3. The predicted octanol–water partition coefficient (Wildman–Crippen LogP) is 10.8. The van der Waals surface area contributed by atoms with Crippen LogP contribution < -0.4 is 66.8 Å². The Labute approximate surface area is 376 Å². The Balaban J connectivity index is -0.000000708. The minimum atomic E-state index is 0. The maximum absolute atomic E-state index is 6.20. The van der Waals surface area contributed by atoms with Gasteiger partial charge in [0, 0.05) is 64.7 Å². The quantitative estimate of drug-likeness (QED) is 0.0551. The molecule has 12 nitrogen and oxygen atoms in total. The van der Waals surface area contributed by atoms with Gasteiger partial charge in [0.05, 0.1) is 1.28 Å². The third-order valence-corrected chi connectivity index (χ3v) is 7.28. The van der Waals surface area contributed by atoms with Crippen molar-refractivity contribution < 1.29 is 9.47 Å². The monoisotopic (exact) mass is 884 g/mol. The Morgan fingerprint density at radius 1 is 0.339 bits per heavy atom. The largest absolute Gasteiger partial charge is 0.457 e. The van der Waals surface area contributed by atoms with E-state index in [0.717, 1.165) is 62.6 Å². The van der Waals surface area contributed by atoms with Gasteiger partial charge in [-0.3, -0.25) is 0 Å². The van der Waals surface area contributed by atoms with Gasteiger partial charge in [0.1, 0.15) is 23.0 Å². The molecule has 0 aliphatic carbocycles. The van der Waals surface area contributed by atoms with Gasteiger partial charge in [-0.05, 0) is 139 Å². The van der Waals surface area contributed by atoms with E-state index in [0.29, 0.717) is 30.2 Å². The van der Waals surface area contributed by atoms with Crippen LogP contribution in [0.25, 0.3) is 0 Å². The van der Waals surface area contributed by atoms with Gasteiger partial charge in [0.15, 0.2) is 0 Å². The zero-order chi connectivity index (χ0) is 43.4.